The van der Waals surface area contributed by atoms with Crippen molar-refractivity contribution in [2.45, 2.75) is 0 Å². The zero-order valence-corrected chi connectivity index (χ0v) is 24.8. The lowest BCUT2D eigenvalue weighted by molar-refractivity contribution is 1.29. The third-order valence-electron chi connectivity index (χ3n) is 8.84. The van der Waals surface area contributed by atoms with Crippen molar-refractivity contribution in [2.24, 2.45) is 0 Å². The van der Waals surface area contributed by atoms with E-state index in [1.165, 1.54) is 63.6 Å². The lowest BCUT2D eigenvalue weighted by Crippen LogP contribution is -2.09. The van der Waals surface area contributed by atoms with Crippen molar-refractivity contribution in [3.63, 3.8) is 0 Å². The molecule has 9 aromatic rings. The van der Waals surface area contributed by atoms with Gasteiger partial charge in [0.1, 0.15) is 0 Å². The molecule has 0 bridgehead atoms. The Morgan fingerprint density at radius 2 is 0.795 bits per heavy atom. The molecular weight excluding hydrogens is 551 g/mol. The van der Waals surface area contributed by atoms with Crippen LogP contribution in [-0.2, 0) is 0 Å². The van der Waals surface area contributed by atoms with Crippen LogP contribution < -0.4 is 4.90 Å². The SMILES string of the molecule is c1ccc(N(c2ccc(-c3ccc4sc5ccccc5c4c3)cc2)c2ccc3c4ccccc4c4ccccc4c3c2)cc1. The average Bonchev–Trinajstić information content (AvgIpc) is 3.47. The maximum atomic E-state index is 2.36. The number of thiophene rings is 1. The molecule has 0 saturated carbocycles. The summed E-state index contributed by atoms with van der Waals surface area (Å²) in [6.07, 6.45) is 0. The minimum Gasteiger partial charge on any atom is -0.310 e. The van der Waals surface area contributed by atoms with Crippen LogP contribution in [0.15, 0.2) is 164 Å². The van der Waals surface area contributed by atoms with Crippen LogP contribution in [0, 0.1) is 0 Å². The Morgan fingerprint density at radius 3 is 1.50 bits per heavy atom. The lowest BCUT2D eigenvalue weighted by atomic mass is 9.94. The smallest absolute Gasteiger partial charge is 0.0468 e. The third-order valence-corrected chi connectivity index (χ3v) is 9.99. The van der Waals surface area contributed by atoms with E-state index >= 15 is 0 Å². The number of para-hydroxylation sites is 1. The van der Waals surface area contributed by atoms with Crippen molar-refractivity contribution < 1.29 is 0 Å². The van der Waals surface area contributed by atoms with E-state index in [-0.39, 0.29) is 0 Å². The second kappa shape index (κ2) is 10.1. The molecule has 1 aromatic heterocycles. The molecule has 206 valence electrons. The largest absolute Gasteiger partial charge is 0.310 e. The van der Waals surface area contributed by atoms with E-state index in [0.29, 0.717) is 0 Å². The van der Waals surface area contributed by atoms with Crippen LogP contribution in [-0.4, -0.2) is 0 Å². The molecule has 0 N–H and O–H groups in total. The summed E-state index contributed by atoms with van der Waals surface area (Å²) in [6.45, 7) is 0. The molecule has 0 aliphatic heterocycles. The van der Waals surface area contributed by atoms with Crippen molar-refractivity contribution in [3.05, 3.63) is 164 Å². The zero-order valence-electron chi connectivity index (χ0n) is 23.9. The van der Waals surface area contributed by atoms with Gasteiger partial charge in [-0.25, -0.2) is 0 Å². The maximum Gasteiger partial charge on any atom is 0.0468 e. The summed E-state index contributed by atoms with van der Waals surface area (Å²) >= 11 is 1.86. The second-order valence-electron chi connectivity index (χ2n) is 11.3. The molecule has 44 heavy (non-hydrogen) atoms. The normalized spacial score (nSPS) is 11.6. The van der Waals surface area contributed by atoms with Crippen LogP contribution in [0.1, 0.15) is 0 Å². The van der Waals surface area contributed by atoms with Gasteiger partial charge in [0.05, 0.1) is 0 Å². The Labute approximate surface area is 259 Å². The number of rotatable bonds is 4. The van der Waals surface area contributed by atoms with Crippen molar-refractivity contribution in [1.29, 1.82) is 0 Å². The Morgan fingerprint density at radius 1 is 0.295 bits per heavy atom. The van der Waals surface area contributed by atoms with Crippen molar-refractivity contribution in [1.82, 2.24) is 0 Å². The summed E-state index contributed by atoms with van der Waals surface area (Å²) < 4.78 is 2.67. The van der Waals surface area contributed by atoms with Crippen LogP contribution >= 0.6 is 11.3 Å². The number of benzene rings is 8. The number of anilines is 3. The molecule has 2 heteroatoms. The zero-order chi connectivity index (χ0) is 29.0. The van der Waals surface area contributed by atoms with E-state index in [2.05, 4.69) is 169 Å². The molecule has 9 rings (SSSR count). The minimum atomic E-state index is 1.13. The molecule has 0 aliphatic rings. The predicted octanol–water partition coefficient (Wildman–Crippen LogP) is 12.7. The highest BCUT2D eigenvalue weighted by Gasteiger charge is 2.16. The quantitative estimate of drug-likeness (QED) is 0.188. The summed E-state index contributed by atoms with van der Waals surface area (Å²) in [7, 11) is 0. The molecule has 0 spiro atoms. The van der Waals surface area contributed by atoms with Gasteiger partial charge in [-0.15, -0.1) is 11.3 Å². The van der Waals surface area contributed by atoms with Gasteiger partial charge in [0.15, 0.2) is 0 Å². The molecule has 0 atom stereocenters. The summed E-state index contributed by atoms with van der Waals surface area (Å²) in [5, 5.41) is 10.4. The predicted molar refractivity (Wildman–Crippen MR) is 192 cm³/mol. The van der Waals surface area contributed by atoms with Gasteiger partial charge in [0.2, 0.25) is 0 Å². The van der Waals surface area contributed by atoms with Crippen molar-refractivity contribution in [3.8, 4) is 11.1 Å². The number of fused-ring (bicyclic) bond motifs is 9. The monoisotopic (exact) mass is 577 g/mol. The lowest BCUT2D eigenvalue weighted by Gasteiger charge is -2.26. The molecule has 0 aliphatic carbocycles. The van der Waals surface area contributed by atoms with E-state index in [9.17, 15) is 0 Å². The van der Waals surface area contributed by atoms with E-state index < -0.39 is 0 Å². The van der Waals surface area contributed by atoms with E-state index in [0.717, 1.165) is 17.1 Å². The summed E-state index contributed by atoms with van der Waals surface area (Å²) in [5.41, 5.74) is 5.86. The highest BCUT2D eigenvalue weighted by atomic mass is 32.1. The Hall–Kier alpha value is -5.44. The molecule has 0 fully saturated rings. The molecule has 0 radical (unpaired) electrons. The number of hydrogen-bond acceptors (Lipinski definition) is 2. The van der Waals surface area contributed by atoms with Crippen LogP contribution in [0.2, 0.25) is 0 Å². The standard InChI is InChI=1S/C42H27NS/c1-2-10-30(11-3-1)43(32-23-24-37-35-14-5-4-12-33(35)34-13-6-7-15-36(34)39(37)27-32)31-21-18-28(19-22-31)29-20-25-42-40(26-29)38-16-8-9-17-41(38)44-42/h1-27H. The van der Waals surface area contributed by atoms with Gasteiger partial charge in [-0.1, -0.05) is 109 Å². The van der Waals surface area contributed by atoms with Gasteiger partial charge in [0.25, 0.3) is 0 Å². The third kappa shape index (κ3) is 4.00. The van der Waals surface area contributed by atoms with Crippen LogP contribution in [0.25, 0.3) is 63.6 Å². The molecule has 0 unspecified atom stereocenters. The molecule has 0 amide bonds. The first kappa shape index (κ1) is 25.1. The first-order chi connectivity index (χ1) is 21.8. The maximum absolute atomic E-state index is 2.36. The summed E-state index contributed by atoms with van der Waals surface area (Å²) in [5.74, 6) is 0. The van der Waals surface area contributed by atoms with Crippen molar-refractivity contribution >= 4 is 80.9 Å². The molecular formula is C42H27NS. The Kier molecular flexibility index (Phi) is 5.75. The molecule has 8 aromatic carbocycles. The van der Waals surface area contributed by atoms with Crippen LogP contribution in [0.4, 0.5) is 17.1 Å². The molecule has 0 saturated heterocycles. The highest BCUT2D eigenvalue weighted by molar-refractivity contribution is 7.25. The second-order valence-corrected chi connectivity index (χ2v) is 12.4. The first-order valence-corrected chi connectivity index (χ1v) is 15.8. The summed E-state index contributed by atoms with van der Waals surface area (Å²) in [6, 6.07) is 59.7. The van der Waals surface area contributed by atoms with Crippen LogP contribution in [0.3, 0.4) is 0 Å². The molecule has 1 nitrogen and oxygen atoms in total. The Balaban J connectivity index is 1.19. The number of nitrogens with zero attached hydrogens (tertiary/aromatic N) is 1. The topological polar surface area (TPSA) is 3.24 Å². The fourth-order valence-electron chi connectivity index (χ4n) is 6.77. The van der Waals surface area contributed by atoms with Gasteiger partial charge in [-0.3, -0.25) is 0 Å². The highest BCUT2D eigenvalue weighted by Crippen LogP contribution is 2.41. The Bertz CT molecular complexity index is 2450. The van der Waals surface area contributed by atoms with E-state index in [1.807, 2.05) is 11.3 Å². The first-order valence-electron chi connectivity index (χ1n) is 15.0. The van der Waals surface area contributed by atoms with Crippen LogP contribution in [0.5, 0.6) is 0 Å². The average molecular weight is 578 g/mol. The van der Waals surface area contributed by atoms with E-state index in [4.69, 9.17) is 0 Å². The van der Waals surface area contributed by atoms with Gasteiger partial charge < -0.3 is 4.90 Å². The van der Waals surface area contributed by atoms with E-state index in [1.54, 1.807) is 0 Å². The van der Waals surface area contributed by atoms with Crippen molar-refractivity contribution in [2.75, 3.05) is 4.90 Å². The molecule has 1 heterocycles. The minimum absolute atomic E-state index is 1.13. The van der Waals surface area contributed by atoms with Gasteiger partial charge in [-0.2, -0.15) is 0 Å². The van der Waals surface area contributed by atoms with Gasteiger partial charge >= 0.3 is 0 Å². The fourth-order valence-corrected chi connectivity index (χ4v) is 7.85. The summed E-state index contributed by atoms with van der Waals surface area (Å²) in [4.78, 5) is 2.36. The van der Waals surface area contributed by atoms with Gasteiger partial charge in [-0.05, 0) is 98.0 Å². The fraction of sp³-hybridized carbons (Fsp3) is 0. The van der Waals surface area contributed by atoms with Gasteiger partial charge in [0, 0.05) is 37.2 Å². The number of hydrogen-bond donors (Lipinski definition) is 0.